The number of ether oxygens (including phenoxy) is 2. The lowest BCUT2D eigenvalue weighted by Gasteiger charge is -2.34. The number of unbranched alkanes of at least 4 members (excludes halogenated alkanes) is 1. The summed E-state index contributed by atoms with van der Waals surface area (Å²) in [6.07, 6.45) is 1.68. The maximum Gasteiger partial charge on any atom is 0.412 e. The normalized spacial score (nSPS) is 16.3. The molecule has 1 aromatic carbocycles. The number of hydrogen-bond donors (Lipinski definition) is 1. The van der Waals surface area contributed by atoms with Crippen molar-refractivity contribution in [3.8, 4) is 5.75 Å². The van der Waals surface area contributed by atoms with Gasteiger partial charge in [0.25, 0.3) is 0 Å². The van der Waals surface area contributed by atoms with Crippen LogP contribution in [0.5, 0.6) is 5.75 Å². The van der Waals surface area contributed by atoms with Crippen LogP contribution < -0.4 is 10.1 Å². The Bertz CT molecular complexity index is 494. The number of fused-ring (bicyclic) bond motifs is 1. The highest BCUT2D eigenvalue weighted by Crippen LogP contribution is 2.42. The number of carbonyl (C=O) groups excluding carboxylic acids is 1. The lowest BCUT2D eigenvalue weighted by Crippen LogP contribution is -2.35. The minimum Gasteiger partial charge on any atom is -0.493 e. The molecule has 0 spiro atoms. The van der Waals surface area contributed by atoms with Crippen molar-refractivity contribution in [1.82, 2.24) is 0 Å². The van der Waals surface area contributed by atoms with Crippen LogP contribution in [0.25, 0.3) is 0 Å². The minimum absolute atomic E-state index is 0.414. The molecule has 0 fully saturated rings. The molecule has 2 rings (SSSR count). The average Bonchev–Trinajstić information content (AvgIpc) is 2.26. The zero-order valence-electron chi connectivity index (χ0n) is 12.0. The first-order chi connectivity index (χ1) is 8.94. The van der Waals surface area contributed by atoms with Crippen LogP contribution in [0.3, 0.4) is 0 Å². The highest BCUT2D eigenvalue weighted by atomic mass is 16.6. The molecule has 1 amide bonds. The first-order valence-electron chi connectivity index (χ1n) is 6.72. The zero-order chi connectivity index (χ0) is 14.0. The Kier molecular flexibility index (Phi) is 3.69. The first kappa shape index (κ1) is 13.7. The number of hydrogen-bond acceptors (Lipinski definition) is 3. The second-order valence-corrected chi connectivity index (χ2v) is 5.41. The molecule has 4 nitrogen and oxygen atoms in total. The lowest BCUT2D eigenvalue weighted by molar-refractivity contribution is 0.0396. The van der Waals surface area contributed by atoms with Crippen molar-refractivity contribution in [2.45, 2.75) is 46.1 Å². The van der Waals surface area contributed by atoms with Crippen molar-refractivity contribution >= 4 is 11.8 Å². The van der Waals surface area contributed by atoms with Crippen LogP contribution in [-0.2, 0) is 10.3 Å². The molecule has 104 valence electrons. The van der Waals surface area contributed by atoms with E-state index in [-0.39, 0.29) is 0 Å². The van der Waals surface area contributed by atoms with Gasteiger partial charge in [0.2, 0.25) is 0 Å². The summed E-state index contributed by atoms with van der Waals surface area (Å²) in [5, 5.41) is 2.75. The molecule has 1 aromatic rings. The fourth-order valence-corrected chi connectivity index (χ4v) is 2.33. The summed E-state index contributed by atoms with van der Waals surface area (Å²) in [7, 11) is 0. The smallest absolute Gasteiger partial charge is 0.412 e. The predicted octanol–water partition coefficient (Wildman–Crippen LogP) is 3.97. The number of cyclic esters (lactones) is 1. The third-order valence-corrected chi connectivity index (χ3v) is 3.19. The predicted molar refractivity (Wildman–Crippen MR) is 74.7 cm³/mol. The van der Waals surface area contributed by atoms with Crippen molar-refractivity contribution in [2.75, 3.05) is 11.9 Å². The molecule has 0 aliphatic carbocycles. The Morgan fingerprint density at radius 1 is 1.37 bits per heavy atom. The van der Waals surface area contributed by atoms with Crippen molar-refractivity contribution in [2.24, 2.45) is 0 Å². The van der Waals surface area contributed by atoms with Gasteiger partial charge >= 0.3 is 6.09 Å². The average molecular weight is 263 g/mol. The van der Waals surface area contributed by atoms with Crippen LogP contribution in [0.15, 0.2) is 12.1 Å². The van der Waals surface area contributed by atoms with Gasteiger partial charge in [-0.3, -0.25) is 5.32 Å². The quantitative estimate of drug-likeness (QED) is 0.836. The van der Waals surface area contributed by atoms with Crippen LogP contribution in [-0.4, -0.2) is 12.7 Å². The maximum absolute atomic E-state index is 11.6. The Balaban J connectivity index is 2.41. The molecule has 1 heterocycles. The van der Waals surface area contributed by atoms with Crippen LogP contribution in [0.2, 0.25) is 0 Å². The van der Waals surface area contributed by atoms with Crippen LogP contribution in [0, 0.1) is 6.92 Å². The van der Waals surface area contributed by atoms with E-state index in [0.29, 0.717) is 6.61 Å². The topological polar surface area (TPSA) is 47.6 Å². The molecule has 0 saturated heterocycles. The van der Waals surface area contributed by atoms with E-state index in [4.69, 9.17) is 9.47 Å². The lowest BCUT2D eigenvalue weighted by atomic mass is 9.92. The summed E-state index contributed by atoms with van der Waals surface area (Å²) in [4.78, 5) is 11.6. The minimum atomic E-state index is -0.674. The van der Waals surface area contributed by atoms with Crippen molar-refractivity contribution in [3.05, 3.63) is 23.3 Å². The second kappa shape index (κ2) is 5.11. The molecule has 0 unspecified atom stereocenters. The molecule has 4 heteroatoms. The van der Waals surface area contributed by atoms with Crippen molar-refractivity contribution in [3.63, 3.8) is 0 Å². The van der Waals surface area contributed by atoms with Crippen molar-refractivity contribution < 1.29 is 14.3 Å². The summed E-state index contributed by atoms with van der Waals surface area (Å²) in [5.41, 5.74) is 2.08. The van der Waals surface area contributed by atoms with E-state index in [0.717, 1.165) is 35.4 Å². The van der Waals surface area contributed by atoms with E-state index in [1.165, 1.54) is 0 Å². The molecule has 19 heavy (non-hydrogen) atoms. The Morgan fingerprint density at radius 2 is 2.11 bits per heavy atom. The molecule has 0 atom stereocenters. The molecular weight excluding hydrogens is 242 g/mol. The van der Waals surface area contributed by atoms with E-state index < -0.39 is 11.7 Å². The van der Waals surface area contributed by atoms with E-state index in [1.807, 2.05) is 32.9 Å². The summed E-state index contributed by atoms with van der Waals surface area (Å²) in [6.45, 7) is 8.56. The second-order valence-electron chi connectivity index (χ2n) is 5.41. The summed E-state index contributed by atoms with van der Waals surface area (Å²) in [6, 6.07) is 3.95. The van der Waals surface area contributed by atoms with E-state index in [2.05, 4.69) is 12.2 Å². The van der Waals surface area contributed by atoms with Gasteiger partial charge in [0, 0.05) is 0 Å². The number of benzene rings is 1. The summed E-state index contributed by atoms with van der Waals surface area (Å²) >= 11 is 0. The molecule has 1 aliphatic heterocycles. The Hall–Kier alpha value is -1.71. The number of carbonyl (C=O) groups is 1. The summed E-state index contributed by atoms with van der Waals surface area (Å²) < 4.78 is 11.2. The Labute approximate surface area is 114 Å². The molecule has 1 N–H and O–H groups in total. The van der Waals surface area contributed by atoms with Crippen molar-refractivity contribution in [1.29, 1.82) is 0 Å². The fraction of sp³-hybridized carbons (Fsp3) is 0.533. The standard InChI is InChI=1S/C15H21NO3/c1-5-6-7-18-12-9-10(2)8-11-13(12)15(3,4)19-14(17)16-11/h8-9H,5-7H2,1-4H3,(H,16,17). The maximum atomic E-state index is 11.6. The van der Waals surface area contributed by atoms with Gasteiger partial charge < -0.3 is 9.47 Å². The van der Waals surface area contributed by atoms with Gasteiger partial charge in [-0.1, -0.05) is 13.3 Å². The van der Waals surface area contributed by atoms with Gasteiger partial charge in [-0.05, 0) is 44.9 Å². The van der Waals surface area contributed by atoms with Gasteiger partial charge in [0.05, 0.1) is 17.9 Å². The molecule has 0 saturated carbocycles. The third kappa shape index (κ3) is 2.83. The highest BCUT2D eigenvalue weighted by Gasteiger charge is 2.36. The molecule has 0 radical (unpaired) electrons. The largest absolute Gasteiger partial charge is 0.493 e. The number of aryl methyl sites for hydroxylation is 1. The number of rotatable bonds is 4. The van der Waals surface area contributed by atoms with Gasteiger partial charge in [-0.25, -0.2) is 4.79 Å². The van der Waals surface area contributed by atoms with Crippen LogP contribution >= 0.6 is 0 Å². The van der Waals surface area contributed by atoms with Crippen LogP contribution in [0.1, 0.15) is 44.7 Å². The third-order valence-electron chi connectivity index (χ3n) is 3.19. The van der Waals surface area contributed by atoms with Gasteiger partial charge in [-0.2, -0.15) is 0 Å². The molecule has 0 aromatic heterocycles. The van der Waals surface area contributed by atoms with Gasteiger partial charge in [0.15, 0.2) is 0 Å². The van der Waals surface area contributed by atoms with Gasteiger partial charge in [-0.15, -0.1) is 0 Å². The number of amides is 1. The molecule has 0 bridgehead atoms. The monoisotopic (exact) mass is 263 g/mol. The Morgan fingerprint density at radius 3 is 2.79 bits per heavy atom. The zero-order valence-corrected chi connectivity index (χ0v) is 12.0. The highest BCUT2D eigenvalue weighted by molar-refractivity contribution is 5.89. The SMILES string of the molecule is CCCCOc1cc(C)cc2c1C(C)(C)OC(=O)N2. The molecular formula is C15H21NO3. The van der Waals surface area contributed by atoms with Crippen LogP contribution in [0.4, 0.5) is 10.5 Å². The van der Waals surface area contributed by atoms with E-state index >= 15 is 0 Å². The molecule has 1 aliphatic rings. The number of anilines is 1. The summed E-state index contributed by atoms with van der Waals surface area (Å²) in [5.74, 6) is 0.799. The first-order valence-corrected chi connectivity index (χ1v) is 6.72. The fourth-order valence-electron chi connectivity index (χ4n) is 2.33. The van der Waals surface area contributed by atoms with E-state index in [1.54, 1.807) is 0 Å². The number of nitrogens with one attached hydrogen (secondary N) is 1. The van der Waals surface area contributed by atoms with Gasteiger partial charge in [0.1, 0.15) is 11.4 Å². The van der Waals surface area contributed by atoms with E-state index in [9.17, 15) is 4.79 Å².